The highest BCUT2D eigenvalue weighted by Crippen LogP contribution is 2.40. The van der Waals surface area contributed by atoms with Gasteiger partial charge in [-0.1, -0.05) is 12.1 Å². The van der Waals surface area contributed by atoms with Crippen molar-refractivity contribution in [2.75, 3.05) is 24.5 Å². The van der Waals surface area contributed by atoms with E-state index in [0.717, 1.165) is 28.6 Å². The normalized spacial score (nSPS) is 19.7. The Kier molecular flexibility index (Phi) is 7.07. The van der Waals surface area contributed by atoms with Gasteiger partial charge >= 0.3 is 12.4 Å². The lowest BCUT2D eigenvalue weighted by molar-refractivity contribution is -0.255. The molecule has 3 N–H and O–H groups in total. The minimum atomic E-state index is -5.47. The van der Waals surface area contributed by atoms with Gasteiger partial charge in [0.25, 0.3) is 11.5 Å². The Balaban J connectivity index is 1.87. The fourth-order valence-electron chi connectivity index (χ4n) is 3.98. The highest BCUT2D eigenvalue weighted by molar-refractivity contribution is 7.89. The summed E-state index contributed by atoms with van der Waals surface area (Å²) in [5, 5.41) is 9.85. The number of halogens is 7. The highest BCUT2D eigenvalue weighted by atomic mass is 32.2. The molecule has 0 unspecified atom stereocenters. The van der Waals surface area contributed by atoms with E-state index in [-0.39, 0.29) is 25.3 Å². The van der Waals surface area contributed by atoms with Gasteiger partial charge in [-0.25, -0.2) is 12.8 Å². The monoisotopic (exact) mass is 543 g/mol. The Hall–Kier alpha value is -2.91. The van der Waals surface area contributed by atoms with Crippen LogP contribution in [0.25, 0.3) is 0 Å². The smallest absolute Gasteiger partial charge is 0.369 e. The third-order valence-electron chi connectivity index (χ3n) is 5.82. The van der Waals surface area contributed by atoms with Crippen molar-refractivity contribution in [3.63, 3.8) is 0 Å². The summed E-state index contributed by atoms with van der Waals surface area (Å²) in [5.41, 5.74) is -1.85. The molecule has 2 aromatic carbocycles. The minimum absolute atomic E-state index is 0.189. The van der Waals surface area contributed by atoms with Crippen LogP contribution in [0.5, 0.6) is 0 Å². The first kappa shape index (κ1) is 27.7. The summed E-state index contributed by atoms with van der Waals surface area (Å²) >= 11 is 0. The fraction of sp³-hybridized carbons (Fsp3) is 0.381. The van der Waals surface area contributed by atoms with Gasteiger partial charge in [-0.2, -0.15) is 30.6 Å². The van der Waals surface area contributed by atoms with Crippen molar-refractivity contribution in [1.82, 2.24) is 4.31 Å². The molecule has 1 fully saturated rings. The molecule has 0 aliphatic carbocycles. The van der Waals surface area contributed by atoms with Gasteiger partial charge in [0, 0.05) is 36.9 Å². The summed E-state index contributed by atoms with van der Waals surface area (Å²) in [4.78, 5) is 12.1. The Morgan fingerprint density at radius 1 is 1.03 bits per heavy atom. The van der Waals surface area contributed by atoms with Crippen LogP contribution in [-0.2, 0) is 26.6 Å². The molecule has 15 heteroatoms. The third-order valence-corrected chi connectivity index (χ3v) is 7.84. The van der Waals surface area contributed by atoms with Gasteiger partial charge in [0.1, 0.15) is 5.82 Å². The van der Waals surface area contributed by atoms with E-state index in [9.17, 15) is 49.1 Å². The minimum Gasteiger partial charge on any atom is -0.369 e. The number of sulfonamides is 1. The summed E-state index contributed by atoms with van der Waals surface area (Å²) < 4.78 is 121. The molecule has 1 aliphatic heterocycles. The van der Waals surface area contributed by atoms with Crippen LogP contribution in [0.2, 0.25) is 0 Å². The molecule has 0 spiro atoms. The van der Waals surface area contributed by atoms with Crippen molar-refractivity contribution in [3.05, 3.63) is 59.4 Å². The number of aliphatic hydroxyl groups is 1. The van der Waals surface area contributed by atoms with Crippen LogP contribution in [0.3, 0.4) is 0 Å². The lowest BCUT2D eigenvalue weighted by atomic mass is 9.92. The number of hydrogen-bond donors (Lipinski definition) is 2. The summed E-state index contributed by atoms with van der Waals surface area (Å²) in [5.74, 6) is -3.19. The number of piperazine rings is 1. The fourth-order valence-corrected chi connectivity index (χ4v) is 5.59. The SMILES string of the molecule is C[C@@H]1CN(c2ccc(F)cc2C(F)(F)F)CCN1S(=O)(=O)c1ccc([C@@](O)(C(N)=O)C(F)(F)F)cc1. The number of anilines is 1. The standard InChI is InChI=1S/C21H20F7N3O4S/c1-12-11-30(17-7-4-14(22)10-16(17)20(23,24)25)8-9-31(12)36(34,35)15-5-2-13(3-6-15)19(33,18(29)32)21(26,27)28/h2-7,10,12,33H,8-9,11H2,1H3,(H2,29,32)/t12-,19-/m1/s1. The average molecular weight is 543 g/mol. The van der Waals surface area contributed by atoms with Gasteiger partial charge < -0.3 is 15.7 Å². The first-order valence-electron chi connectivity index (χ1n) is 10.2. The Morgan fingerprint density at radius 2 is 1.61 bits per heavy atom. The molecular formula is C21H20F7N3O4S. The van der Waals surface area contributed by atoms with Crippen LogP contribution in [0, 0.1) is 5.82 Å². The number of benzene rings is 2. The van der Waals surface area contributed by atoms with Crippen LogP contribution in [0.15, 0.2) is 47.4 Å². The molecule has 0 saturated carbocycles. The van der Waals surface area contributed by atoms with Gasteiger partial charge in [0.2, 0.25) is 10.0 Å². The lowest BCUT2D eigenvalue weighted by Gasteiger charge is -2.40. The van der Waals surface area contributed by atoms with E-state index in [1.807, 2.05) is 0 Å². The van der Waals surface area contributed by atoms with E-state index in [2.05, 4.69) is 0 Å². The van der Waals surface area contributed by atoms with Gasteiger partial charge in [-0.15, -0.1) is 0 Å². The molecule has 1 aliphatic rings. The van der Waals surface area contributed by atoms with Gasteiger partial charge in [0.05, 0.1) is 10.5 Å². The lowest BCUT2D eigenvalue weighted by Crippen LogP contribution is -2.54. The first-order chi connectivity index (χ1) is 16.4. The maximum absolute atomic E-state index is 13.4. The third kappa shape index (κ3) is 4.86. The van der Waals surface area contributed by atoms with E-state index in [0.29, 0.717) is 18.2 Å². The molecule has 0 radical (unpaired) electrons. The van der Waals surface area contributed by atoms with Crippen molar-refractivity contribution >= 4 is 21.6 Å². The summed E-state index contributed by atoms with van der Waals surface area (Å²) in [7, 11) is -4.33. The van der Waals surface area contributed by atoms with Gasteiger partial charge in [-0.05, 0) is 37.3 Å². The predicted octanol–water partition coefficient (Wildman–Crippen LogP) is 2.98. The van der Waals surface area contributed by atoms with Crippen molar-refractivity contribution in [3.8, 4) is 0 Å². The van der Waals surface area contributed by atoms with Crippen LogP contribution >= 0.6 is 0 Å². The quantitative estimate of drug-likeness (QED) is 0.565. The van der Waals surface area contributed by atoms with Crippen molar-refractivity contribution in [2.24, 2.45) is 5.73 Å². The van der Waals surface area contributed by atoms with Crippen LogP contribution in [-0.4, -0.2) is 55.6 Å². The second-order valence-electron chi connectivity index (χ2n) is 8.17. The number of nitrogens with two attached hydrogens (primary N) is 1. The Labute approximate surface area is 201 Å². The number of amides is 1. The van der Waals surface area contributed by atoms with Crippen molar-refractivity contribution in [2.45, 2.75) is 35.8 Å². The molecule has 2 atom stereocenters. The molecular weight excluding hydrogens is 523 g/mol. The highest BCUT2D eigenvalue weighted by Gasteiger charge is 2.60. The van der Waals surface area contributed by atoms with E-state index >= 15 is 0 Å². The number of carbonyl (C=O) groups is 1. The topological polar surface area (TPSA) is 104 Å². The number of carbonyl (C=O) groups excluding carboxylic acids is 1. The molecule has 1 saturated heterocycles. The van der Waals surface area contributed by atoms with Crippen LogP contribution in [0.4, 0.5) is 36.4 Å². The van der Waals surface area contributed by atoms with E-state index in [1.165, 1.54) is 11.8 Å². The number of rotatable bonds is 5. The number of nitrogens with zero attached hydrogens (tertiary/aromatic N) is 2. The second-order valence-corrected chi connectivity index (χ2v) is 10.1. The molecule has 198 valence electrons. The first-order valence-corrected chi connectivity index (χ1v) is 11.7. The molecule has 0 bridgehead atoms. The summed E-state index contributed by atoms with van der Waals surface area (Å²) in [6, 6.07) is 3.98. The van der Waals surface area contributed by atoms with Crippen LogP contribution in [0.1, 0.15) is 18.1 Å². The van der Waals surface area contributed by atoms with Crippen molar-refractivity contribution in [1.29, 1.82) is 0 Å². The van der Waals surface area contributed by atoms with Crippen LogP contribution < -0.4 is 10.6 Å². The molecule has 3 rings (SSSR count). The second kappa shape index (κ2) is 9.19. The molecule has 2 aromatic rings. The summed E-state index contributed by atoms with van der Waals surface area (Å²) in [6.07, 6.45) is -10.3. The van der Waals surface area contributed by atoms with Gasteiger partial charge in [-0.3, -0.25) is 4.79 Å². The zero-order valence-electron chi connectivity index (χ0n) is 18.4. The maximum atomic E-state index is 13.4. The van der Waals surface area contributed by atoms with E-state index < -0.39 is 61.8 Å². The maximum Gasteiger partial charge on any atom is 0.430 e. The van der Waals surface area contributed by atoms with Crippen molar-refractivity contribution < 1.29 is 49.1 Å². The predicted molar refractivity (Wildman–Crippen MR) is 113 cm³/mol. The van der Waals surface area contributed by atoms with E-state index in [4.69, 9.17) is 5.73 Å². The zero-order valence-corrected chi connectivity index (χ0v) is 19.3. The number of hydrogen-bond acceptors (Lipinski definition) is 5. The molecule has 1 amide bonds. The zero-order chi connectivity index (χ0) is 27.3. The summed E-state index contributed by atoms with van der Waals surface area (Å²) in [6.45, 7) is 0.755. The Morgan fingerprint density at radius 3 is 2.08 bits per heavy atom. The number of alkyl halides is 6. The van der Waals surface area contributed by atoms with Gasteiger partial charge in [0.15, 0.2) is 0 Å². The molecule has 0 aromatic heterocycles. The van der Waals surface area contributed by atoms with E-state index in [1.54, 1.807) is 0 Å². The molecule has 7 nitrogen and oxygen atoms in total. The Bertz CT molecular complexity index is 1250. The average Bonchev–Trinajstić information content (AvgIpc) is 2.76. The molecule has 1 heterocycles. The molecule has 36 heavy (non-hydrogen) atoms. The largest absolute Gasteiger partial charge is 0.430 e. The number of primary amides is 1.